The number of urea groups is 1. The highest BCUT2D eigenvalue weighted by molar-refractivity contribution is 7.09. The molecule has 2 fully saturated rings. The first-order valence-electron chi connectivity index (χ1n) is 10.1. The number of hydrogen-bond donors (Lipinski definition) is 0. The molecule has 0 saturated carbocycles. The van der Waals surface area contributed by atoms with Crippen molar-refractivity contribution in [2.45, 2.75) is 45.3 Å². The van der Waals surface area contributed by atoms with Crippen molar-refractivity contribution in [3.05, 3.63) is 46.7 Å². The number of hydrogen-bond acceptors (Lipinski definition) is 6. The fourth-order valence-corrected chi connectivity index (χ4v) is 4.94. The molecule has 1 spiro atoms. The predicted octanol–water partition coefficient (Wildman–Crippen LogP) is 2.99. The Morgan fingerprint density at radius 1 is 1.10 bits per heavy atom. The number of piperidine rings is 1. The Morgan fingerprint density at radius 3 is 2.52 bits per heavy atom. The van der Waals surface area contributed by atoms with Crippen molar-refractivity contribution in [1.82, 2.24) is 24.7 Å². The van der Waals surface area contributed by atoms with Crippen molar-refractivity contribution < 1.29 is 9.59 Å². The number of nitrogens with zero attached hydrogens (tertiary/aromatic N) is 5. The molecule has 8 heteroatoms. The van der Waals surface area contributed by atoms with Crippen LogP contribution in [0.5, 0.6) is 0 Å². The molecule has 2 aliphatic heterocycles. The number of carbonyl (C=O) groups excluding carboxylic acids is 2. The molecule has 0 bridgehead atoms. The number of likely N-dealkylation sites (tertiary alicyclic amines) is 1. The Balaban J connectivity index is 1.53. The standard InChI is InChI=1S/C21H27N5O2S/c1-16(2)13-26-20(28)25(14-17-5-3-4-8-22-17)19(27)21(26)6-10-24(11-7-21)15-18-23-9-12-29-18/h3-5,8-9,12,16H,6-7,10-11,13-15H2,1-2H3. The predicted molar refractivity (Wildman–Crippen MR) is 111 cm³/mol. The number of aromatic nitrogens is 2. The van der Waals surface area contributed by atoms with E-state index in [1.54, 1.807) is 17.5 Å². The number of carbonyl (C=O) groups is 2. The summed E-state index contributed by atoms with van der Waals surface area (Å²) in [5, 5.41) is 3.07. The van der Waals surface area contributed by atoms with Gasteiger partial charge in [0.2, 0.25) is 0 Å². The number of imide groups is 1. The first-order chi connectivity index (χ1) is 14.0. The van der Waals surface area contributed by atoms with Crippen molar-refractivity contribution in [2.24, 2.45) is 5.92 Å². The molecule has 0 aliphatic carbocycles. The molecule has 2 aromatic rings. The highest BCUT2D eigenvalue weighted by Gasteiger charge is 2.57. The summed E-state index contributed by atoms with van der Waals surface area (Å²) in [7, 11) is 0. The van der Waals surface area contributed by atoms with E-state index in [9.17, 15) is 9.59 Å². The van der Waals surface area contributed by atoms with Crippen LogP contribution < -0.4 is 0 Å². The van der Waals surface area contributed by atoms with Gasteiger partial charge < -0.3 is 4.90 Å². The minimum absolute atomic E-state index is 0.0669. The molecule has 4 rings (SSSR count). The van der Waals surface area contributed by atoms with Crippen LogP contribution in [0.15, 0.2) is 36.0 Å². The lowest BCUT2D eigenvalue weighted by Gasteiger charge is -2.42. The van der Waals surface area contributed by atoms with Crippen LogP contribution in [0.1, 0.15) is 37.4 Å². The molecule has 29 heavy (non-hydrogen) atoms. The van der Waals surface area contributed by atoms with Crippen LogP contribution in [0, 0.1) is 5.92 Å². The average molecular weight is 414 g/mol. The van der Waals surface area contributed by atoms with Crippen LogP contribution in [0.25, 0.3) is 0 Å². The van der Waals surface area contributed by atoms with Gasteiger partial charge in [-0.2, -0.15) is 0 Å². The zero-order valence-corrected chi connectivity index (χ0v) is 17.8. The van der Waals surface area contributed by atoms with Crippen molar-refractivity contribution in [3.63, 3.8) is 0 Å². The lowest BCUT2D eigenvalue weighted by Crippen LogP contribution is -2.57. The first-order valence-corrected chi connectivity index (χ1v) is 11.0. The second-order valence-corrected chi connectivity index (χ2v) is 9.21. The Kier molecular flexibility index (Phi) is 5.65. The summed E-state index contributed by atoms with van der Waals surface area (Å²) in [6.45, 7) is 7.37. The molecule has 0 atom stereocenters. The Bertz CT molecular complexity index is 847. The summed E-state index contributed by atoms with van der Waals surface area (Å²) >= 11 is 1.65. The van der Waals surface area contributed by atoms with Crippen LogP contribution in [-0.2, 0) is 17.9 Å². The van der Waals surface area contributed by atoms with Gasteiger partial charge in [0.05, 0.1) is 18.8 Å². The van der Waals surface area contributed by atoms with Gasteiger partial charge in [0, 0.05) is 37.4 Å². The second-order valence-electron chi connectivity index (χ2n) is 8.23. The van der Waals surface area contributed by atoms with Crippen LogP contribution in [0.3, 0.4) is 0 Å². The van der Waals surface area contributed by atoms with Gasteiger partial charge in [-0.25, -0.2) is 9.78 Å². The summed E-state index contributed by atoms with van der Waals surface area (Å²) in [5.41, 5.74) is 0.00661. The van der Waals surface area contributed by atoms with E-state index in [2.05, 4.69) is 28.7 Å². The van der Waals surface area contributed by atoms with Gasteiger partial charge in [0.25, 0.3) is 5.91 Å². The number of thiazole rings is 1. The number of pyridine rings is 1. The zero-order valence-electron chi connectivity index (χ0n) is 17.0. The third-order valence-corrected chi connectivity index (χ3v) is 6.51. The lowest BCUT2D eigenvalue weighted by molar-refractivity contribution is -0.136. The summed E-state index contributed by atoms with van der Waals surface area (Å²) in [6.07, 6.45) is 4.84. The fourth-order valence-electron chi connectivity index (χ4n) is 4.28. The summed E-state index contributed by atoms with van der Waals surface area (Å²) < 4.78 is 0. The van der Waals surface area contributed by atoms with Gasteiger partial charge in [-0.15, -0.1) is 11.3 Å². The number of amides is 3. The molecule has 2 aromatic heterocycles. The Labute approximate surface area is 175 Å². The normalized spacial score (nSPS) is 19.7. The first kappa shape index (κ1) is 20.0. The smallest absolute Gasteiger partial charge is 0.309 e. The molecule has 154 valence electrons. The van der Waals surface area contributed by atoms with Gasteiger partial charge in [-0.05, 0) is 30.9 Å². The van der Waals surface area contributed by atoms with Crippen LogP contribution in [0.4, 0.5) is 4.79 Å². The SMILES string of the molecule is CC(C)CN1C(=O)N(Cc2ccccn2)C(=O)C12CCN(Cc1nccs1)CC2. The minimum atomic E-state index is -0.727. The van der Waals surface area contributed by atoms with Crippen molar-refractivity contribution in [3.8, 4) is 0 Å². The topological polar surface area (TPSA) is 69.6 Å². The molecule has 0 aromatic carbocycles. The summed E-state index contributed by atoms with van der Waals surface area (Å²) in [6, 6.07) is 5.39. The van der Waals surface area contributed by atoms with Gasteiger partial charge in [0.15, 0.2) is 0 Å². The lowest BCUT2D eigenvalue weighted by atomic mass is 9.85. The van der Waals surface area contributed by atoms with E-state index in [0.29, 0.717) is 25.3 Å². The number of rotatable bonds is 6. The second kappa shape index (κ2) is 8.20. The van der Waals surface area contributed by atoms with E-state index in [1.165, 1.54) is 4.90 Å². The molecule has 2 saturated heterocycles. The molecular formula is C21H27N5O2S. The van der Waals surface area contributed by atoms with Crippen LogP contribution >= 0.6 is 11.3 Å². The summed E-state index contributed by atoms with van der Waals surface area (Å²) in [5.74, 6) is 0.231. The summed E-state index contributed by atoms with van der Waals surface area (Å²) in [4.78, 5) is 41.0. The maximum Gasteiger partial charge on any atom is 0.328 e. The van der Waals surface area contributed by atoms with Crippen molar-refractivity contribution in [1.29, 1.82) is 0 Å². The Hall–Kier alpha value is -2.32. The molecule has 3 amide bonds. The minimum Gasteiger partial charge on any atom is -0.309 e. The van der Waals surface area contributed by atoms with E-state index in [0.717, 1.165) is 30.3 Å². The van der Waals surface area contributed by atoms with Crippen molar-refractivity contribution in [2.75, 3.05) is 19.6 Å². The van der Waals surface area contributed by atoms with E-state index in [-0.39, 0.29) is 18.5 Å². The van der Waals surface area contributed by atoms with Crippen molar-refractivity contribution >= 4 is 23.3 Å². The molecular weight excluding hydrogens is 386 g/mol. The largest absolute Gasteiger partial charge is 0.328 e. The van der Waals surface area contributed by atoms with Gasteiger partial charge in [0.1, 0.15) is 10.5 Å². The average Bonchev–Trinajstić information content (AvgIpc) is 3.29. The third kappa shape index (κ3) is 3.91. The van der Waals surface area contributed by atoms with Gasteiger partial charge in [-0.1, -0.05) is 19.9 Å². The van der Waals surface area contributed by atoms with Crippen LogP contribution in [-0.4, -0.2) is 61.8 Å². The molecule has 0 radical (unpaired) electrons. The maximum atomic E-state index is 13.5. The molecule has 2 aliphatic rings. The molecule has 4 heterocycles. The fraction of sp³-hybridized carbons (Fsp3) is 0.524. The highest BCUT2D eigenvalue weighted by atomic mass is 32.1. The molecule has 0 N–H and O–H groups in total. The van der Waals surface area contributed by atoms with E-state index >= 15 is 0 Å². The molecule has 0 unspecified atom stereocenters. The van der Waals surface area contributed by atoms with E-state index in [4.69, 9.17) is 0 Å². The molecule has 7 nitrogen and oxygen atoms in total. The van der Waals surface area contributed by atoms with Gasteiger partial charge in [-0.3, -0.25) is 19.6 Å². The maximum absolute atomic E-state index is 13.5. The quantitative estimate of drug-likeness (QED) is 0.681. The van der Waals surface area contributed by atoms with E-state index < -0.39 is 5.54 Å². The third-order valence-electron chi connectivity index (χ3n) is 5.74. The van der Waals surface area contributed by atoms with Gasteiger partial charge >= 0.3 is 6.03 Å². The Morgan fingerprint density at radius 2 is 1.90 bits per heavy atom. The zero-order chi connectivity index (χ0) is 20.4. The monoisotopic (exact) mass is 413 g/mol. The van der Waals surface area contributed by atoms with E-state index in [1.807, 2.05) is 34.7 Å². The van der Waals surface area contributed by atoms with Crippen LogP contribution in [0.2, 0.25) is 0 Å². The highest BCUT2D eigenvalue weighted by Crippen LogP contribution is 2.38.